The van der Waals surface area contributed by atoms with Gasteiger partial charge in [-0.2, -0.15) is 0 Å². The van der Waals surface area contributed by atoms with Crippen molar-refractivity contribution in [2.75, 3.05) is 13.7 Å². The summed E-state index contributed by atoms with van der Waals surface area (Å²) in [4.78, 5) is 15.9. The second kappa shape index (κ2) is 7.43. The topological polar surface area (TPSA) is 48.4 Å². The molecule has 0 unspecified atom stereocenters. The third-order valence-corrected chi connectivity index (χ3v) is 4.08. The number of hydrogen-bond acceptors (Lipinski definition) is 5. The Morgan fingerprint density at radius 2 is 2.24 bits per heavy atom. The standard InChI is InChI=1S/C15H16ClNO3S/c1-3-20-13(18)8-7-10-9-21-15(17-10)14-11(16)5-4-6-12(14)19-2/h4-6,9H,3,7-8H2,1-2H3. The van der Waals surface area contributed by atoms with E-state index in [2.05, 4.69) is 4.98 Å². The Labute approximate surface area is 132 Å². The van der Waals surface area contributed by atoms with E-state index in [1.165, 1.54) is 11.3 Å². The van der Waals surface area contributed by atoms with Gasteiger partial charge >= 0.3 is 5.97 Å². The number of ether oxygens (including phenoxy) is 2. The molecular weight excluding hydrogens is 310 g/mol. The molecular formula is C15H16ClNO3S. The Balaban J connectivity index is 2.15. The molecule has 0 radical (unpaired) electrons. The third kappa shape index (κ3) is 3.95. The second-order valence-corrected chi connectivity index (χ2v) is 5.53. The van der Waals surface area contributed by atoms with Gasteiger partial charge in [-0.15, -0.1) is 11.3 Å². The van der Waals surface area contributed by atoms with Gasteiger partial charge in [-0.25, -0.2) is 4.98 Å². The number of nitrogens with zero attached hydrogens (tertiary/aromatic N) is 1. The Morgan fingerprint density at radius 1 is 1.43 bits per heavy atom. The van der Waals surface area contributed by atoms with Crippen molar-refractivity contribution in [3.05, 3.63) is 34.3 Å². The van der Waals surface area contributed by atoms with Crippen LogP contribution in [0, 0.1) is 0 Å². The lowest BCUT2D eigenvalue weighted by Gasteiger charge is -2.07. The van der Waals surface area contributed by atoms with Crippen molar-refractivity contribution in [2.45, 2.75) is 19.8 Å². The van der Waals surface area contributed by atoms with Crippen LogP contribution in [0.15, 0.2) is 23.6 Å². The van der Waals surface area contributed by atoms with Gasteiger partial charge in [0.2, 0.25) is 0 Å². The van der Waals surface area contributed by atoms with Crippen LogP contribution < -0.4 is 4.74 Å². The lowest BCUT2D eigenvalue weighted by molar-refractivity contribution is -0.143. The maximum Gasteiger partial charge on any atom is 0.306 e. The maximum absolute atomic E-state index is 11.4. The highest BCUT2D eigenvalue weighted by Crippen LogP contribution is 2.38. The van der Waals surface area contributed by atoms with Gasteiger partial charge in [0, 0.05) is 11.8 Å². The molecule has 0 saturated heterocycles. The van der Waals surface area contributed by atoms with Crippen molar-refractivity contribution in [1.29, 1.82) is 0 Å². The number of carbonyl (C=O) groups is 1. The number of aromatic nitrogens is 1. The molecule has 21 heavy (non-hydrogen) atoms. The van der Waals surface area contributed by atoms with Crippen LogP contribution in [-0.2, 0) is 16.0 Å². The van der Waals surface area contributed by atoms with Gasteiger partial charge in [-0.05, 0) is 19.1 Å². The number of methoxy groups -OCH3 is 1. The summed E-state index contributed by atoms with van der Waals surface area (Å²) in [7, 11) is 1.60. The molecule has 0 bridgehead atoms. The van der Waals surface area contributed by atoms with Crippen molar-refractivity contribution in [3.63, 3.8) is 0 Å². The van der Waals surface area contributed by atoms with E-state index >= 15 is 0 Å². The Morgan fingerprint density at radius 3 is 2.95 bits per heavy atom. The smallest absolute Gasteiger partial charge is 0.306 e. The molecule has 0 aliphatic heterocycles. The largest absolute Gasteiger partial charge is 0.496 e. The number of thiazole rings is 1. The summed E-state index contributed by atoms with van der Waals surface area (Å²) in [5.74, 6) is 0.483. The number of rotatable bonds is 6. The van der Waals surface area contributed by atoms with Crippen LogP contribution in [0.5, 0.6) is 5.75 Å². The van der Waals surface area contributed by atoms with Crippen LogP contribution in [0.2, 0.25) is 5.02 Å². The minimum atomic E-state index is -0.206. The molecule has 1 heterocycles. The molecule has 0 spiro atoms. The van der Waals surface area contributed by atoms with Crippen molar-refractivity contribution >= 4 is 28.9 Å². The monoisotopic (exact) mass is 325 g/mol. The summed E-state index contributed by atoms with van der Waals surface area (Å²) in [6, 6.07) is 5.49. The number of aryl methyl sites for hydroxylation is 1. The van der Waals surface area contributed by atoms with E-state index in [1.54, 1.807) is 20.1 Å². The number of benzene rings is 1. The van der Waals surface area contributed by atoms with Gasteiger partial charge < -0.3 is 9.47 Å². The molecule has 0 fully saturated rings. The Kier molecular flexibility index (Phi) is 5.59. The van der Waals surface area contributed by atoms with Gasteiger partial charge in [-0.1, -0.05) is 17.7 Å². The number of hydrogen-bond donors (Lipinski definition) is 0. The zero-order valence-electron chi connectivity index (χ0n) is 11.9. The van der Waals surface area contributed by atoms with Crippen molar-refractivity contribution < 1.29 is 14.3 Å². The molecule has 0 aliphatic rings. The summed E-state index contributed by atoms with van der Waals surface area (Å²) in [5, 5.41) is 3.31. The summed E-state index contributed by atoms with van der Waals surface area (Å²) in [5.41, 5.74) is 1.64. The Bertz CT molecular complexity index is 627. The van der Waals surface area contributed by atoms with Gasteiger partial charge in [-0.3, -0.25) is 4.79 Å². The molecule has 0 amide bonds. The molecule has 0 N–H and O–H groups in total. The van der Waals surface area contributed by atoms with Crippen molar-refractivity contribution in [3.8, 4) is 16.3 Å². The van der Waals surface area contributed by atoms with E-state index in [4.69, 9.17) is 21.1 Å². The quantitative estimate of drug-likeness (QED) is 0.754. The molecule has 2 aromatic rings. The van der Waals surface area contributed by atoms with Crippen LogP contribution in [0.25, 0.3) is 10.6 Å². The van der Waals surface area contributed by atoms with Gasteiger partial charge in [0.05, 0.1) is 36.4 Å². The predicted molar refractivity (Wildman–Crippen MR) is 84.1 cm³/mol. The Hall–Kier alpha value is -1.59. The minimum absolute atomic E-state index is 0.206. The summed E-state index contributed by atoms with van der Waals surface area (Å²) in [6.45, 7) is 2.19. The van der Waals surface area contributed by atoms with Crippen LogP contribution in [0.3, 0.4) is 0 Å². The third-order valence-electron chi connectivity index (χ3n) is 2.85. The highest BCUT2D eigenvalue weighted by atomic mass is 35.5. The fourth-order valence-electron chi connectivity index (χ4n) is 1.88. The van der Waals surface area contributed by atoms with Gasteiger partial charge in [0.15, 0.2) is 0 Å². The molecule has 4 nitrogen and oxygen atoms in total. The van der Waals surface area contributed by atoms with Crippen molar-refractivity contribution in [1.82, 2.24) is 4.98 Å². The van der Waals surface area contributed by atoms with Gasteiger partial charge in [0.25, 0.3) is 0 Å². The summed E-state index contributed by atoms with van der Waals surface area (Å²) >= 11 is 7.72. The molecule has 1 aromatic heterocycles. The van der Waals surface area contributed by atoms with Crippen LogP contribution in [0.4, 0.5) is 0 Å². The fourth-order valence-corrected chi connectivity index (χ4v) is 3.11. The summed E-state index contributed by atoms with van der Waals surface area (Å²) in [6.07, 6.45) is 0.888. The normalized spacial score (nSPS) is 10.4. The van der Waals surface area contributed by atoms with E-state index in [1.807, 2.05) is 17.5 Å². The highest BCUT2D eigenvalue weighted by Gasteiger charge is 2.14. The lowest BCUT2D eigenvalue weighted by atomic mass is 10.2. The average Bonchev–Trinajstić information content (AvgIpc) is 2.93. The molecule has 0 saturated carbocycles. The second-order valence-electron chi connectivity index (χ2n) is 4.27. The van der Waals surface area contributed by atoms with Crippen LogP contribution >= 0.6 is 22.9 Å². The number of esters is 1. The molecule has 0 atom stereocenters. The molecule has 112 valence electrons. The van der Waals surface area contributed by atoms with Crippen molar-refractivity contribution in [2.24, 2.45) is 0 Å². The lowest BCUT2D eigenvalue weighted by Crippen LogP contribution is -2.05. The van der Waals surface area contributed by atoms with E-state index in [0.717, 1.165) is 16.3 Å². The predicted octanol–water partition coefficient (Wildman–Crippen LogP) is 3.97. The molecule has 0 aliphatic carbocycles. The van der Waals surface area contributed by atoms with E-state index < -0.39 is 0 Å². The van der Waals surface area contributed by atoms with Crippen LogP contribution in [-0.4, -0.2) is 24.7 Å². The van der Waals surface area contributed by atoms with E-state index in [9.17, 15) is 4.79 Å². The SMILES string of the molecule is CCOC(=O)CCc1csc(-c2c(Cl)cccc2OC)n1. The van der Waals surface area contributed by atoms with E-state index in [0.29, 0.717) is 30.2 Å². The average molecular weight is 326 g/mol. The maximum atomic E-state index is 11.4. The van der Waals surface area contributed by atoms with Gasteiger partial charge in [0.1, 0.15) is 10.8 Å². The molecule has 1 aromatic carbocycles. The number of carbonyl (C=O) groups excluding carboxylic acids is 1. The summed E-state index contributed by atoms with van der Waals surface area (Å²) < 4.78 is 10.2. The fraction of sp³-hybridized carbons (Fsp3) is 0.333. The minimum Gasteiger partial charge on any atom is -0.496 e. The molecule has 6 heteroatoms. The molecule has 2 rings (SSSR count). The number of halogens is 1. The first kappa shape index (κ1) is 15.8. The van der Waals surface area contributed by atoms with Crippen LogP contribution in [0.1, 0.15) is 19.0 Å². The highest BCUT2D eigenvalue weighted by molar-refractivity contribution is 7.13. The first-order chi connectivity index (χ1) is 10.2. The zero-order chi connectivity index (χ0) is 15.2. The first-order valence-corrected chi connectivity index (χ1v) is 7.84. The van der Waals surface area contributed by atoms with E-state index in [-0.39, 0.29) is 5.97 Å². The zero-order valence-corrected chi connectivity index (χ0v) is 13.5. The first-order valence-electron chi connectivity index (χ1n) is 6.58.